The van der Waals surface area contributed by atoms with Crippen LogP contribution in [-0.4, -0.2) is 5.11 Å². The summed E-state index contributed by atoms with van der Waals surface area (Å²) in [6, 6.07) is 7.77. The zero-order valence-electron chi connectivity index (χ0n) is 7.61. The molecular formula is C12H14O. The minimum atomic E-state index is 0.416. The average Bonchev–Trinajstić information content (AvgIpc) is 2.99. The molecule has 0 unspecified atom stereocenters. The zero-order chi connectivity index (χ0) is 8.84. The van der Waals surface area contributed by atoms with Gasteiger partial charge in [0, 0.05) is 0 Å². The third-order valence-electron chi connectivity index (χ3n) is 3.37. The third kappa shape index (κ3) is 1.32. The first-order valence-corrected chi connectivity index (χ1v) is 5.13. The van der Waals surface area contributed by atoms with Gasteiger partial charge in [-0.3, -0.25) is 0 Å². The lowest BCUT2D eigenvalue weighted by Crippen LogP contribution is -1.84. The Hall–Kier alpha value is -0.980. The van der Waals surface area contributed by atoms with Gasteiger partial charge in [0.1, 0.15) is 5.75 Å². The van der Waals surface area contributed by atoms with E-state index < -0.39 is 0 Å². The Balaban J connectivity index is 1.78. The number of aromatic hydroxyl groups is 1. The lowest BCUT2D eigenvalue weighted by Gasteiger charge is -1.99. The van der Waals surface area contributed by atoms with Gasteiger partial charge < -0.3 is 5.11 Å². The molecule has 1 nitrogen and oxygen atoms in total. The van der Waals surface area contributed by atoms with Crippen molar-refractivity contribution in [3.8, 4) is 5.75 Å². The standard InChI is InChI=1S/C12H14O/c13-10-3-1-2-9(6-10)12-7-11(12)8-4-5-8/h1-3,6,8,11-13H,4-5,7H2/t11-,12-/m1/s1. The number of hydrogen-bond acceptors (Lipinski definition) is 1. The minimum Gasteiger partial charge on any atom is -0.508 e. The molecule has 1 aromatic carbocycles. The van der Waals surface area contributed by atoms with E-state index in [1.54, 1.807) is 6.07 Å². The fourth-order valence-corrected chi connectivity index (χ4v) is 2.40. The summed E-state index contributed by atoms with van der Waals surface area (Å²) in [7, 11) is 0. The molecule has 0 radical (unpaired) electrons. The largest absolute Gasteiger partial charge is 0.508 e. The fourth-order valence-electron chi connectivity index (χ4n) is 2.40. The number of benzene rings is 1. The highest BCUT2D eigenvalue weighted by Crippen LogP contribution is 2.59. The molecule has 0 bridgehead atoms. The van der Waals surface area contributed by atoms with E-state index in [0.717, 1.165) is 17.8 Å². The molecule has 0 aliphatic heterocycles. The monoisotopic (exact) mass is 174 g/mol. The van der Waals surface area contributed by atoms with E-state index in [1.807, 2.05) is 12.1 Å². The Labute approximate surface area is 78.4 Å². The minimum absolute atomic E-state index is 0.416. The highest BCUT2D eigenvalue weighted by atomic mass is 16.3. The molecule has 2 fully saturated rings. The molecule has 68 valence electrons. The summed E-state index contributed by atoms with van der Waals surface area (Å²) in [6.45, 7) is 0. The molecular weight excluding hydrogens is 160 g/mol. The van der Waals surface area contributed by atoms with Crippen molar-refractivity contribution < 1.29 is 5.11 Å². The summed E-state index contributed by atoms with van der Waals surface area (Å²) in [6.07, 6.45) is 4.24. The summed E-state index contributed by atoms with van der Waals surface area (Å²) in [4.78, 5) is 0. The van der Waals surface area contributed by atoms with Crippen LogP contribution in [0, 0.1) is 11.8 Å². The van der Waals surface area contributed by atoms with Crippen LogP contribution in [0.4, 0.5) is 0 Å². The van der Waals surface area contributed by atoms with Crippen molar-refractivity contribution in [2.24, 2.45) is 11.8 Å². The van der Waals surface area contributed by atoms with Gasteiger partial charge in [-0.15, -0.1) is 0 Å². The van der Waals surface area contributed by atoms with Crippen LogP contribution < -0.4 is 0 Å². The first kappa shape index (κ1) is 7.43. The summed E-state index contributed by atoms with van der Waals surface area (Å²) < 4.78 is 0. The maximum absolute atomic E-state index is 9.33. The van der Waals surface area contributed by atoms with Gasteiger partial charge >= 0.3 is 0 Å². The maximum atomic E-state index is 9.33. The lowest BCUT2D eigenvalue weighted by atomic mass is 10.1. The van der Waals surface area contributed by atoms with Crippen molar-refractivity contribution in [3.63, 3.8) is 0 Å². The topological polar surface area (TPSA) is 20.2 Å². The van der Waals surface area contributed by atoms with E-state index in [4.69, 9.17) is 0 Å². The molecule has 0 spiro atoms. The quantitative estimate of drug-likeness (QED) is 0.731. The molecule has 2 atom stereocenters. The molecule has 0 aromatic heterocycles. The molecule has 0 amide bonds. The second kappa shape index (κ2) is 2.50. The van der Waals surface area contributed by atoms with Crippen LogP contribution >= 0.6 is 0 Å². The van der Waals surface area contributed by atoms with Crippen LogP contribution in [0.3, 0.4) is 0 Å². The van der Waals surface area contributed by atoms with Crippen molar-refractivity contribution >= 4 is 0 Å². The van der Waals surface area contributed by atoms with E-state index in [1.165, 1.54) is 24.8 Å². The summed E-state index contributed by atoms with van der Waals surface area (Å²) >= 11 is 0. The SMILES string of the molecule is Oc1cccc([C@H]2C[C@@H]2C2CC2)c1. The first-order chi connectivity index (χ1) is 6.34. The highest BCUT2D eigenvalue weighted by molar-refractivity contribution is 5.33. The molecule has 0 saturated heterocycles. The number of hydrogen-bond donors (Lipinski definition) is 1. The molecule has 2 aliphatic rings. The molecule has 1 heteroatoms. The Morgan fingerprint density at radius 2 is 2.08 bits per heavy atom. The molecule has 2 aliphatic carbocycles. The van der Waals surface area contributed by atoms with Gasteiger partial charge in [0.2, 0.25) is 0 Å². The summed E-state index contributed by atoms with van der Waals surface area (Å²) in [5.41, 5.74) is 1.34. The molecule has 2 saturated carbocycles. The van der Waals surface area contributed by atoms with Crippen LogP contribution in [0.1, 0.15) is 30.7 Å². The second-order valence-electron chi connectivity index (χ2n) is 4.44. The predicted octanol–water partition coefficient (Wildman–Crippen LogP) is 2.91. The number of phenols is 1. The smallest absolute Gasteiger partial charge is 0.115 e. The maximum Gasteiger partial charge on any atom is 0.115 e. The third-order valence-corrected chi connectivity index (χ3v) is 3.37. The highest BCUT2D eigenvalue weighted by Gasteiger charge is 2.47. The predicted molar refractivity (Wildman–Crippen MR) is 51.7 cm³/mol. The van der Waals surface area contributed by atoms with Gasteiger partial charge in [0.25, 0.3) is 0 Å². The normalized spacial score (nSPS) is 31.7. The van der Waals surface area contributed by atoms with E-state index in [-0.39, 0.29) is 0 Å². The van der Waals surface area contributed by atoms with Crippen molar-refractivity contribution in [1.82, 2.24) is 0 Å². The van der Waals surface area contributed by atoms with E-state index in [2.05, 4.69) is 6.07 Å². The summed E-state index contributed by atoms with van der Waals surface area (Å²) in [5.74, 6) is 3.15. The van der Waals surface area contributed by atoms with Crippen LogP contribution in [0.15, 0.2) is 24.3 Å². The Bertz CT molecular complexity index is 328. The van der Waals surface area contributed by atoms with Gasteiger partial charge in [-0.05, 0) is 54.7 Å². The fraction of sp³-hybridized carbons (Fsp3) is 0.500. The lowest BCUT2D eigenvalue weighted by molar-refractivity contribution is 0.474. The van der Waals surface area contributed by atoms with Gasteiger partial charge in [0.05, 0.1) is 0 Å². The van der Waals surface area contributed by atoms with Crippen molar-refractivity contribution in [2.45, 2.75) is 25.2 Å². The first-order valence-electron chi connectivity index (χ1n) is 5.13. The van der Waals surface area contributed by atoms with E-state index >= 15 is 0 Å². The molecule has 1 N–H and O–H groups in total. The van der Waals surface area contributed by atoms with Crippen LogP contribution in [0.5, 0.6) is 5.75 Å². The van der Waals surface area contributed by atoms with Gasteiger partial charge in [0.15, 0.2) is 0 Å². The Morgan fingerprint density at radius 1 is 1.23 bits per heavy atom. The van der Waals surface area contributed by atoms with Crippen molar-refractivity contribution in [1.29, 1.82) is 0 Å². The molecule has 0 heterocycles. The average molecular weight is 174 g/mol. The molecule has 13 heavy (non-hydrogen) atoms. The molecule has 3 rings (SSSR count). The molecule has 1 aromatic rings. The van der Waals surface area contributed by atoms with Crippen LogP contribution in [0.25, 0.3) is 0 Å². The van der Waals surface area contributed by atoms with Crippen LogP contribution in [0.2, 0.25) is 0 Å². The second-order valence-corrected chi connectivity index (χ2v) is 4.44. The Kier molecular flexibility index (Phi) is 1.43. The van der Waals surface area contributed by atoms with Crippen molar-refractivity contribution in [2.75, 3.05) is 0 Å². The van der Waals surface area contributed by atoms with Crippen LogP contribution in [-0.2, 0) is 0 Å². The zero-order valence-corrected chi connectivity index (χ0v) is 7.61. The van der Waals surface area contributed by atoms with Gasteiger partial charge in [-0.1, -0.05) is 12.1 Å². The number of phenolic OH excluding ortho intramolecular Hbond substituents is 1. The number of rotatable bonds is 2. The summed E-state index contributed by atoms with van der Waals surface area (Å²) in [5, 5.41) is 9.33. The van der Waals surface area contributed by atoms with E-state index in [9.17, 15) is 5.11 Å². The van der Waals surface area contributed by atoms with Gasteiger partial charge in [-0.2, -0.15) is 0 Å². The van der Waals surface area contributed by atoms with E-state index in [0.29, 0.717) is 5.75 Å². The van der Waals surface area contributed by atoms with Gasteiger partial charge in [-0.25, -0.2) is 0 Å². The Morgan fingerprint density at radius 3 is 2.77 bits per heavy atom. The van der Waals surface area contributed by atoms with Crippen molar-refractivity contribution in [3.05, 3.63) is 29.8 Å².